The van der Waals surface area contributed by atoms with E-state index in [1.807, 2.05) is 0 Å². The Bertz CT molecular complexity index is 569. The topological polar surface area (TPSA) is 98.0 Å². The van der Waals surface area contributed by atoms with Gasteiger partial charge in [0.1, 0.15) is 6.07 Å². The summed E-state index contributed by atoms with van der Waals surface area (Å²) in [6.07, 6.45) is -4.55. The van der Waals surface area contributed by atoms with Crippen molar-refractivity contribution in [3.8, 4) is 6.07 Å². The average molecular weight is 269 g/mol. The van der Waals surface area contributed by atoms with Gasteiger partial charge >= 0.3 is 6.18 Å². The van der Waals surface area contributed by atoms with E-state index in [0.717, 1.165) is 6.07 Å². The van der Waals surface area contributed by atoms with Gasteiger partial charge in [-0.25, -0.2) is 0 Å². The van der Waals surface area contributed by atoms with Crippen LogP contribution in [0.5, 0.6) is 0 Å². The number of nitrogens with one attached hydrogen (secondary N) is 2. The molecule has 0 radical (unpaired) electrons. The van der Waals surface area contributed by atoms with Gasteiger partial charge in [-0.2, -0.15) is 23.5 Å². The minimum absolute atomic E-state index is 0.304. The van der Waals surface area contributed by atoms with Gasteiger partial charge in [0.2, 0.25) is 5.71 Å². The Balaban J connectivity index is 3.18. The van der Waals surface area contributed by atoms with Crippen LogP contribution in [0.15, 0.2) is 23.3 Å². The number of nitrogens with two attached hydrogens (primary N) is 1. The van der Waals surface area contributed by atoms with Crippen molar-refractivity contribution in [3.63, 3.8) is 0 Å². The number of hydrogen-bond acceptors (Lipinski definition) is 4. The van der Waals surface area contributed by atoms with Gasteiger partial charge in [0.25, 0.3) is 0 Å². The zero-order valence-electron chi connectivity index (χ0n) is 9.84. The first-order valence-electron chi connectivity index (χ1n) is 5.01. The average Bonchev–Trinajstić information content (AvgIpc) is 2.27. The highest BCUT2D eigenvalue weighted by Gasteiger charge is 2.33. The Morgan fingerprint density at radius 3 is 2.58 bits per heavy atom. The summed E-state index contributed by atoms with van der Waals surface area (Å²) in [5, 5.41) is 19.0. The normalized spacial score (nSPS) is 11.8. The van der Waals surface area contributed by atoms with E-state index in [2.05, 4.69) is 10.5 Å². The maximum atomic E-state index is 12.7. The summed E-state index contributed by atoms with van der Waals surface area (Å²) in [7, 11) is 0. The molecule has 0 heterocycles. The second kappa shape index (κ2) is 5.39. The molecule has 1 aromatic carbocycles. The smallest absolute Gasteiger partial charge is 0.382 e. The van der Waals surface area contributed by atoms with Crippen molar-refractivity contribution in [2.45, 2.75) is 13.1 Å². The summed E-state index contributed by atoms with van der Waals surface area (Å²) in [6.45, 7) is 1.62. The highest BCUT2D eigenvalue weighted by molar-refractivity contribution is 6.45. The van der Waals surface area contributed by atoms with Crippen molar-refractivity contribution >= 4 is 17.2 Å². The minimum atomic E-state index is -4.55. The first kappa shape index (κ1) is 14.5. The van der Waals surface area contributed by atoms with Crippen LogP contribution in [0.4, 0.5) is 18.9 Å². The van der Waals surface area contributed by atoms with E-state index in [9.17, 15) is 13.2 Å². The molecule has 0 saturated carbocycles. The molecule has 0 spiro atoms. The van der Waals surface area contributed by atoms with Gasteiger partial charge in [0.15, 0.2) is 5.84 Å². The van der Waals surface area contributed by atoms with Gasteiger partial charge in [0, 0.05) is 0 Å². The summed E-state index contributed by atoms with van der Waals surface area (Å²) in [4.78, 5) is 0. The van der Waals surface area contributed by atoms with Crippen molar-refractivity contribution in [1.82, 2.24) is 0 Å². The summed E-state index contributed by atoms with van der Waals surface area (Å²) >= 11 is 0. The Kier molecular flexibility index (Phi) is 4.11. The van der Waals surface area contributed by atoms with Crippen LogP contribution in [0.25, 0.3) is 0 Å². The lowest BCUT2D eigenvalue weighted by molar-refractivity contribution is -0.136. The van der Waals surface area contributed by atoms with E-state index in [0.29, 0.717) is 5.56 Å². The van der Waals surface area contributed by atoms with E-state index >= 15 is 0 Å². The summed E-state index contributed by atoms with van der Waals surface area (Å²) in [5.41, 5.74) is 6.03. The molecule has 0 aliphatic rings. The van der Waals surface area contributed by atoms with Crippen LogP contribution in [0, 0.1) is 23.7 Å². The monoisotopic (exact) mass is 269 g/mol. The molecule has 1 rings (SSSR count). The van der Waals surface area contributed by atoms with E-state index < -0.39 is 23.3 Å². The molecule has 8 heteroatoms. The zero-order chi connectivity index (χ0) is 14.6. The number of alkyl halides is 3. The fourth-order valence-corrected chi connectivity index (χ4v) is 1.26. The highest BCUT2D eigenvalue weighted by atomic mass is 19.4. The maximum absolute atomic E-state index is 12.7. The van der Waals surface area contributed by atoms with Gasteiger partial charge < -0.3 is 5.73 Å². The van der Waals surface area contributed by atoms with Crippen LogP contribution < -0.4 is 11.2 Å². The van der Waals surface area contributed by atoms with Crippen molar-refractivity contribution in [2.75, 3.05) is 5.43 Å². The number of amidine groups is 1. The molecule has 0 aliphatic carbocycles. The van der Waals surface area contributed by atoms with Crippen LogP contribution in [0.3, 0.4) is 0 Å². The predicted octanol–water partition coefficient (Wildman–Crippen LogP) is 2.24. The van der Waals surface area contributed by atoms with Gasteiger partial charge in [-0.1, -0.05) is 6.07 Å². The van der Waals surface area contributed by atoms with Gasteiger partial charge in [0.05, 0.1) is 11.3 Å². The molecule has 0 amide bonds. The van der Waals surface area contributed by atoms with Crippen LogP contribution in [-0.4, -0.2) is 11.5 Å². The molecule has 0 saturated heterocycles. The van der Waals surface area contributed by atoms with Crippen LogP contribution >= 0.6 is 0 Å². The van der Waals surface area contributed by atoms with E-state index in [4.69, 9.17) is 16.4 Å². The summed E-state index contributed by atoms with van der Waals surface area (Å²) in [5.74, 6) is -0.629. The number of anilines is 1. The number of hydrazone groups is 1. The number of hydrogen-bond donors (Lipinski definition) is 3. The van der Waals surface area contributed by atoms with Crippen LogP contribution in [-0.2, 0) is 6.18 Å². The largest absolute Gasteiger partial charge is 0.418 e. The molecule has 0 atom stereocenters. The number of rotatable bonds is 3. The maximum Gasteiger partial charge on any atom is 0.418 e. The molecular weight excluding hydrogens is 259 g/mol. The second-order valence-corrected chi connectivity index (χ2v) is 3.64. The van der Waals surface area contributed by atoms with Crippen molar-refractivity contribution in [2.24, 2.45) is 10.8 Å². The molecule has 0 aromatic heterocycles. The molecule has 19 heavy (non-hydrogen) atoms. The third-order valence-corrected chi connectivity index (χ3v) is 2.13. The fraction of sp³-hybridized carbons (Fsp3) is 0.182. The highest BCUT2D eigenvalue weighted by Crippen LogP contribution is 2.35. The molecular formula is C11H10F3N5. The Morgan fingerprint density at radius 2 is 2.11 bits per heavy atom. The zero-order valence-corrected chi connectivity index (χ0v) is 9.84. The second-order valence-electron chi connectivity index (χ2n) is 3.64. The molecule has 0 fully saturated rings. The molecule has 0 unspecified atom stereocenters. The van der Waals surface area contributed by atoms with Crippen molar-refractivity contribution < 1.29 is 13.2 Å². The standard InChI is InChI=1S/C11H10F3N5/c1-6-2-3-7(11(12,13)14)8(4-6)18-19-9(5-15)10(16)17/h2-4,18H,1H3,(H3,16,17)/b19-9+. The molecule has 4 N–H and O–H groups in total. The van der Waals surface area contributed by atoms with Crippen LogP contribution in [0.2, 0.25) is 0 Å². The third-order valence-electron chi connectivity index (χ3n) is 2.13. The Labute approximate surface area is 107 Å². The predicted molar refractivity (Wildman–Crippen MR) is 64.8 cm³/mol. The molecule has 5 nitrogen and oxygen atoms in total. The number of nitrogens with zero attached hydrogens (tertiary/aromatic N) is 2. The Hall–Kier alpha value is -2.56. The lowest BCUT2D eigenvalue weighted by Gasteiger charge is -2.12. The third kappa shape index (κ3) is 3.70. The first-order chi connectivity index (χ1) is 8.75. The van der Waals surface area contributed by atoms with Gasteiger partial charge in [-0.15, -0.1) is 0 Å². The number of nitriles is 1. The number of aryl methyl sites for hydroxylation is 1. The quantitative estimate of drug-likeness (QED) is 0.446. The van der Waals surface area contributed by atoms with Crippen molar-refractivity contribution in [3.05, 3.63) is 29.3 Å². The first-order valence-corrected chi connectivity index (χ1v) is 5.01. The minimum Gasteiger partial charge on any atom is -0.382 e. The number of benzene rings is 1. The molecule has 0 bridgehead atoms. The van der Waals surface area contributed by atoms with Crippen LogP contribution in [0.1, 0.15) is 11.1 Å². The molecule has 100 valence electrons. The lowest BCUT2D eigenvalue weighted by Crippen LogP contribution is -2.22. The molecule has 0 aliphatic heterocycles. The van der Waals surface area contributed by atoms with Crippen molar-refractivity contribution in [1.29, 1.82) is 10.7 Å². The number of halogens is 3. The SMILES string of the molecule is Cc1ccc(C(F)(F)F)c(N/N=C(\C#N)C(=N)N)c1. The van der Waals surface area contributed by atoms with Gasteiger partial charge in [-0.05, 0) is 24.6 Å². The van der Waals surface area contributed by atoms with Gasteiger partial charge in [-0.3, -0.25) is 10.8 Å². The lowest BCUT2D eigenvalue weighted by atomic mass is 10.1. The van der Waals surface area contributed by atoms with E-state index in [1.165, 1.54) is 18.2 Å². The fourth-order valence-electron chi connectivity index (χ4n) is 1.26. The molecule has 1 aromatic rings. The van der Waals surface area contributed by atoms with E-state index in [-0.39, 0.29) is 5.69 Å². The summed E-state index contributed by atoms with van der Waals surface area (Å²) in [6, 6.07) is 4.96. The summed E-state index contributed by atoms with van der Waals surface area (Å²) < 4.78 is 38.2. The van der Waals surface area contributed by atoms with E-state index in [1.54, 1.807) is 6.92 Å². The Morgan fingerprint density at radius 1 is 1.47 bits per heavy atom.